The maximum Gasteiger partial charge on any atom is 0.328 e. The van der Waals surface area contributed by atoms with Gasteiger partial charge in [0.25, 0.3) is 0 Å². The number of carboxylic acid groups (broad SMARTS) is 1. The number of hydrogen-bond acceptors (Lipinski definition) is 2. The molecule has 0 fully saturated rings. The number of aliphatic carboxylic acids is 1. The minimum Gasteiger partial charge on any atom is -0.478 e. The van der Waals surface area contributed by atoms with Crippen LogP contribution in [-0.4, -0.2) is 11.1 Å². The van der Waals surface area contributed by atoms with Crippen molar-refractivity contribution in [3.63, 3.8) is 0 Å². The van der Waals surface area contributed by atoms with E-state index in [0.717, 1.165) is 11.0 Å². The van der Waals surface area contributed by atoms with Crippen molar-refractivity contribution >= 4 is 23.8 Å². The van der Waals surface area contributed by atoms with Gasteiger partial charge in [0.1, 0.15) is 11.6 Å². The summed E-state index contributed by atoms with van der Waals surface area (Å²) >= 11 is 1.40. The second-order valence-corrected chi connectivity index (χ2v) is 5.31. The minimum absolute atomic E-state index is 0.305. The molecule has 2 rings (SSSR count). The monoisotopic (exact) mass is 306 g/mol. The zero-order valence-corrected chi connectivity index (χ0v) is 11.7. The Bertz CT molecular complexity index is 666. The number of hydrogen-bond donors (Lipinski definition) is 1. The van der Waals surface area contributed by atoms with E-state index in [9.17, 15) is 13.6 Å². The summed E-state index contributed by atoms with van der Waals surface area (Å²) in [5.74, 6) is -1.36. The lowest BCUT2D eigenvalue weighted by molar-refractivity contribution is -0.131. The summed E-state index contributed by atoms with van der Waals surface area (Å²) < 4.78 is 26.7. The van der Waals surface area contributed by atoms with Gasteiger partial charge in [0.15, 0.2) is 0 Å². The quantitative estimate of drug-likeness (QED) is 0.659. The predicted octanol–water partition coefficient (Wildman–Crippen LogP) is 4.35. The number of halogens is 2. The molecular formula is C16H12F2O2S. The van der Waals surface area contributed by atoms with E-state index in [1.807, 2.05) is 0 Å². The standard InChI is InChI=1S/C16H12F2O2S/c17-13-4-6-14(7-5-13)21-10-12-3-1-11(9-15(12)18)2-8-16(19)20/h1-9H,10H2,(H,19,20). The van der Waals surface area contributed by atoms with Crippen LogP contribution in [0.2, 0.25) is 0 Å². The highest BCUT2D eigenvalue weighted by Crippen LogP contribution is 2.24. The van der Waals surface area contributed by atoms with Crippen molar-refractivity contribution in [2.24, 2.45) is 0 Å². The summed E-state index contributed by atoms with van der Waals surface area (Å²) in [6.07, 6.45) is 2.30. The summed E-state index contributed by atoms with van der Waals surface area (Å²) in [6, 6.07) is 10.6. The molecule has 0 saturated heterocycles. The molecule has 0 aliphatic heterocycles. The minimum atomic E-state index is -1.08. The van der Waals surface area contributed by atoms with Crippen LogP contribution in [0.5, 0.6) is 0 Å². The van der Waals surface area contributed by atoms with Crippen LogP contribution in [0, 0.1) is 11.6 Å². The Morgan fingerprint density at radius 3 is 2.48 bits per heavy atom. The van der Waals surface area contributed by atoms with Crippen molar-refractivity contribution in [3.05, 3.63) is 71.3 Å². The molecule has 21 heavy (non-hydrogen) atoms. The zero-order valence-electron chi connectivity index (χ0n) is 10.9. The maximum atomic E-state index is 13.9. The van der Waals surface area contributed by atoms with Gasteiger partial charge in [0.2, 0.25) is 0 Å². The Morgan fingerprint density at radius 1 is 1.14 bits per heavy atom. The van der Waals surface area contributed by atoms with Gasteiger partial charge in [-0.2, -0.15) is 0 Å². The van der Waals surface area contributed by atoms with Crippen LogP contribution in [0.4, 0.5) is 8.78 Å². The van der Waals surface area contributed by atoms with Crippen molar-refractivity contribution in [3.8, 4) is 0 Å². The molecule has 0 aromatic heterocycles. The maximum absolute atomic E-state index is 13.9. The van der Waals surface area contributed by atoms with Gasteiger partial charge in [-0.1, -0.05) is 12.1 Å². The van der Waals surface area contributed by atoms with E-state index in [2.05, 4.69) is 0 Å². The number of rotatable bonds is 5. The van der Waals surface area contributed by atoms with Gasteiger partial charge in [0.05, 0.1) is 0 Å². The van der Waals surface area contributed by atoms with E-state index < -0.39 is 11.8 Å². The van der Waals surface area contributed by atoms with E-state index in [-0.39, 0.29) is 5.82 Å². The summed E-state index contributed by atoms with van der Waals surface area (Å²) in [5.41, 5.74) is 1.00. The Morgan fingerprint density at radius 2 is 1.86 bits per heavy atom. The van der Waals surface area contributed by atoms with Crippen molar-refractivity contribution in [2.75, 3.05) is 0 Å². The number of benzene rings is 2. The van der Waals surface area contributed by atoms with Crippen molar-refractivity contribution in [1.29, 1.82) is 0 Å². The first kappa shape index (κ1) is 15.3. The fourth-order valence-electron chi connectivity index (χ4n) is 1.64. The van der Waals surface area contributed by atoms with Crippen LogP contribution < -0.4 is 0 Å². The highest BCUT2D eigenvalue weighted by Gasteiger charge is 2.04. The van der Waals surface area contributed by atoms with Crippen LogP contribution >= 0.6 is 11.8 Å². The molecule has 108 valence electrons. The number of carbonyl (C=O) groups is 1. The molecule has 0 aliphatic rings. The van der Waals surface area contributed by atoms with Gasteiger partial charge < -0.3 is 5.11 Å². The Kier molecular flexibility index (Phi) is 5.11. The van der Waals surface area contributed by atoms with Gasteiger partial charge in [-0.25, -0.2) is 13.6 Å². The van der Waals surface area contributed by atoms with Crippen LogP contribution in [0.3, 0.4) is 0 Å². The van der Waals surface area contributed by atoms with Gasteiger partial charge in [0, 0.05) is 16.7 Å². The fourth-order valence-corrected chi connectivity index (χ4v) is 2.53. The van der Waals surface area contributed by atoms with E-state index in [4.69, 9.17) is 5.11 Å². The third kappa shape index (κ3) is 4.72. The molecule has 0 radical (unpaired) electrons. The first-order valence-corrected chi connectivity index (χ1v) is 7.11. The lowest BCUT2D eigenvalue weighted by atomic mass is 10.1. The lowest BCUT2D eigenvalue weighted by Crippen LogP contribution is -1.90. The second-order valence-electron chi connectivity index (χ2n) is 4.27. The van der Waals surface area contributed by atoms with Crippen molar-refractivity contribution < 1.29 is 18.7 Å². The highest BCUT2D eigenvalue weighted by molar-refractivity contribution is 7.98. The van der Waals surface area contributed by atoms with E-state index in [1.54, 1.807) is 24.3 Å². The Hall–Kier alpha value is -2.14. The highest BCUT2D eigenvalue weighted by atomic mass is 32.2. The van der Waals surface area contributed by atoms with Crippen LogP contribution in [0.1, 0.15) is 11.1 Å². The molecule has 1 N–H and O–H groups in total. The molecule has 0 saturated carbocycles. The first-order valence-electron chi connectivity index (χ1n) is 6.12. The molecule has 0 spiro atoms. The average molecular weight is 306 g/mol. The molecule has 0 bridgehead atoms. The molecule has 2 aromatic carbocycles. The number of carboxylic acids is 1. The smallest absolute Gasteiger partial charge is 0.328 e. The van der Waals surface area contributed by atoms with Crippen molar-refractivity contribution in [1.82, 2.24) is 0 Å². The van der Waals surface area contributed by atoms with Gasteiger partial charge >= 0.3 is 5.97 Å². The third-order valence-corrected chi connectivity index (χ3v) is 3.76. The molecular weight excluding hydrogens is 294 g/mol. The van der Waals surface area contributed by atoms with Gasteiger partial charge in [-0.05, 0) is 47.5 Å². The zero-order chi connectivity index (χ0) is 15.2. The average Bonchev–Trinajstić information content (AvgIpc) is 2.46. The topological polar surface area (TPSA) is 37.3 Å². The Labute approximate surface area is 125 Å². The summed E-state index contributed by atoms with van der Waals surface area (Å²) in [7, 11) is 0. The van der Waals surface area contributed by atoms with Crippen LogP contribution in [0.25, 0.3) is 6.08 Å². The Balaban J connectivity index is 2.04. The molecule has 0 unspecified atom stereocenters. The largest absolute Gasteiger partial charge is 0.478 e. The summed E-state index contributed by atoms with van der Waals surface area (Å²) in [5, 5.41) is 8.52. The molecule has 5 heteroatoms. The normalized spacial score (nSPS) is 11.0. The van der Waals surface area contributed by atoms with E-state index >= 15 is 0 Å². The molecule has 2 aromatic rings. The third-order valence-electron chi connectivity index (χ3n) is 2.70. The first-order chi connectivity index (χ1) is 10.0. The molecule has 2 nitrogen and oxygen atoms in total. The summed E-state index contributed by atoms with van der Waals surface area (Å²) in [4.78, 5) is 11.2. The van der Waals surface area contributed by atoms with Gasteiger partial charge in [-0.3, -0.25) is 0 Å². The van der Waals surface area contributed by atoms with Crippen molar-refractivity contribution in [2.45, 2.75) is 10.6 Å². The lowest BCUT2D eigenvalue weighted by Gasteiger charge is -2.04. The number of thioether (sulfide) groups is 1. The molecule has 0 aliphatic carbocycles. The van der Waals surface area contributed by atoms with E-state index in [0.29, 0.717) is 16.9 Å². The molecule has 0 atom stereocenters. The summed E-state index contributed by atoms with van der Waals surface area (Å²) in [6.45, 7) is 0. The molecule has 0 amide bonds. The SMILES string of the molecule is O=C(O)C=Cc1ccc(CSc2ccc(F)cc2)c(F)c1. The fraction of sp³-hybridized carbons (Fsp3) is 0.0625. The van der Waals surface area contributed by atoms with Crippen LogP contribution in [-0.2, 0) is 10.5 Å². The van der Waals surface area contributed by atoms with Gasteiger partial charge in [-0.15, -0.1) is 11.8 Å². The van der Waals surface area contributed by atoms with Crippen LogP contribution in [0.15, 0.2) is 53.4 Å². The predicted molar refractivity (Wildman–Crippen MR) is 79.0 cm³/mol. The van der Waals surface area contributed by atoms with E-state index in [1.165, 1.54) is 36.0 Å². The second kappa shape index (κ2) is 7.04. The molecule has 0 heterocycles.